The standard InChI is InChI=1S/C17H16O2/c1-17(2,19-18)16-8-7-14-9-12-5-3-4-6-13(12)10-15(14)11-16/h3-11,18H,1-2H3. The summed E-state index contributed by atoms with van der Waals surface area (Å²) in [5.41, 5.74) is 0.262. The Kier molecular flexibility index (Phi) is 2.77. The van der Waals surface area contributed by atoms with Gasteiger partial charge in [0.2, 0.25) is 0 Å². The fraction of sp³-hybridized carbons (Fsp3) is 0.176. The van der Waals surface area contributed by atoms with Crippen molar-refractivity contribution in [1.29, 1.82) is 0 Å². The van der Waals surface area contributed by atoms with Crippen LogP contribution < -0.4 is 0 Å². The van der Waals surface area contributed by atoms with Crippen LogP contribution >= 0.6 is 0 Å². The summed E-state index contributed by atoms with van der Waals surface area (Å²) >= 11 is 0. The molecule has 0 aliphatic rings. The van der Waals surface area contributed by atoms with Gasteiger partial charge in [-0.15, -0.1) is 0 Å². The highest BCUT2D eigenvalue weighted by Crippen LogP contribution is 2.29. The zero-order chi connectivity index (χ0) is 13.5. The quantitative estimate of drug-likeness (QED) is 0.406. The fourth-order valence-corrected chi connectivity index (χ4v) is 2.37. The van der Waals surface area contributed by atoms with Gasteiger partial charge in [0.1, 0.15) is 5.60 Å². The maximum Gasteiger partial charge on any atom is 0.123 e. The van der Waals surface area contributed by atoms with Crippen LogP contribution in [0.25, 0.3) is 21.5 Å². The van der Waals surface area contributed by atoms with Gasteiger partial charge in [0.25, 0.3) is 0 Å². The molecule has 0 bridgehead atoms. The topological polar surface area (TPSA) is 29.5 Å². The number of benzene rings is 3. The molecule has 2 heteroatoms. The molecule has 0 spiro atoms. The van der Waals surface area contributed by atoms with Crippen LogP contribution in [-0.4, -0.2) is 5.26 Å². The van der Waals surface area contributed by atoms with Crippen LogP contribution in [0.1, 0.15) is 19.4 Å². The third-order valence-electron chi connectivity index (χ3n) is 3.63. The summed E-state index contributed by atoms with van der Waals surface area (Å²) in [6.45, 7) is 3.68. The van der Waals surface area contributed by atoms with Crippen molar-refractivity contribution in [2.45, 2.75) is 19.4 Å². The van der Waals surface area contributed by atoms with E-state index >= 15 is 0 Å². The Morgan fingerprint density at radius 3 is 2.00 bits per heavy atom. The minimum atomic E-state index is -0.695. The average molecular weight is 252 g/mol. The first kappa shape index (κ1) is 12.2. The maximum atomic E-state index is 8.99. The first-order valence-electron chi connectivity index (χ1n) is 6.36. The molecule has 96 valence electrons. The van der Waals surface area contributed by atoms with Crippen LogP contribution in [0.4, 0.5) is 0 Å². The lowest BCUT2D eigenvalue weighted by Gasteiger charge is -2.21. The lowest BCUT2D eigenvalue weighted by molar-refractivity contribution is -0.318. The molecule has 0 saturated heterocycles. The third-order valence-corrected chi connectivity index (χ3v) is 3.63. The van der Waals surface area contributed by atoms with Crippen LogP contribution in [0, 0.1) is 0 Å². The summed E-state index contributed by atoms with van der Waals surface area (Å²) < 4.78 is 0. The molecule has 0 fully saturated rings. The van der Waals surface area contributed by atoms with Crippen molar-refractivity contribution in [1.82, 2.24) is 0 Å². The van der Waals surface area contributed by atoms with E-state index in [-0.39, 0.29) is 0 Å². The first-order valence-corrected chi connectivity index (χ1v) is 6.36. The van der Waals surface area contributed by atoms with E-state index in [1.54, 1.807) is 0 Å². The second kappa shape index (κ2) is 4.34. The lowest BCUT2D eigenvalue weighted by Crippen LogP contribution is -2.19. The summed E-state index contributed by atoms with van der Waals surface area (Å²) in [5.74, 6) is 0. The average Bonchev–Trinajstić information content (AvgIpc) is 2.44. The van der Waals surface area contributed by atoms with E-state index < -0.39 is 5.60 Å². The van der Waals surface area contributed by atoms with E-state index in [0.29, 0.717) is 0 Å². The zero-order valence-electron chi connectivity index (χ0n) is 11.1. The Hall–Kier alpha value is -1.90. The minimum absolute atomic E-state index is 0.695. The van der Waals surface area contributed by atoms with Gasteiger partial charge >= 0.3 is 0 Å². The summed E-state index contributed by atoms with van der Waals surface area (Å²) in [4.78, 5) is 4.56. The van der Waals surface area contributed by atoms with Crippen molar-refractivity contribution in [3.8, 4) is 0 Å². The van der Waals surface area contributed by atoms with Crippen molar-refractivity contribution in [2.75, 3.05) is 0 Å². The monoisotopic (exact) mass is 252 g/mol. The van der Waals surface area contributed by atoms with Crippen LogP contribution in [-0.2, 0) is 10.5 Å². The number of rotatable bonds is 2. The molecule has 3 rings (SSSR count). The van der Waals surface area contributed by atoms with Gasteiger partial charge in [0.15, 0.2) is 0 Å². The van der Waals surface area contributed by atoms with Gasteiger partial charge in [-0.3, -0.25) is 5.26 Å². The molecule has 3 aromatic rings. The van der Waals surface area contributed by atoms with Gasteiger partial charge in [-0.25, -0.2) is 4.89 Å². The second-order valence-corrected chi connectivity index (χ2v) is 5.36. The molecule has 0 amide bonds. The predicted octanol–water partition coefficient (Wildman–Crippen LogP) is 4.72. The molecule has 0 aliphatic carbocycles. The van der Waals surface area contributed by atoms with Gasteiger partial charge < -0.3 is 0 Å². The van der Waals surface area contributed by atoms with E-state index in [9.17, 15) is 0 Å². The minimum Gasteiger partial charge on any atom is -0.251 e. The van der Waals surface area contributed by atoms with Gasteiger partial charge in [-0.05, 0) is 59.2 Å². The number of hydrogen-bond acceptors (Lipinski definition) is 2. The Bertz CT molecular complexity index is 744. The third kappa shape index (κ3) is 2.09. The van der Waals surface area contributed by atoms with Gasteiger partial charge in [0, 0.05) is 0 Å². The van der Waals surface area contributed by atoms with E-state index in [4.69, 9.17) is 5.26 Å². The summed E-state index contributed by atoms with van der Waals surface area (Å²) in [6.07, 6.45) is 0. The first-order chi connectivity index (χ1) is 9.10. The predicted molar refractivity (Wildman–Crippen MR) is 78.2 cm³/mol. The van der Waals surface area contributed by atoms with E-state index in [2.05, 4.69) is 41.3 Å². The van der Waals surface area contributed by atoms with Crippen LogP contribution in [0.2, 0.25) is 0 Å². The zero-order valence-corrected chi connectivity index (χ0v) is 11.1. The van der Waals surface area contributed by atoms with Crippen LogP contribution in [0.3, 0.4) is 0 Å². The van der Waals surface area contributed by atoms with Crippen molar-refractivity contribution < 1.29 is 10.1 Å². The van der Waals surface area contributed by atoms with Gasteiger partial charge in [0.05, 0.1) is 0 Å². The molecule has 1 N–H and O–H groups in total. The Morgan fingerprint density at radius 1 is 0.789 bits per heavy atom. The Morgan fingerprint density at radius 2 is 1.37 bits per heavy atom. The smallest absolute Gasteiger partial charge is 0.123 e. The number of hydrogen-bond donors (Lipinski definition) is 1. The van der Waals surface area contributed by atoms with Gasteiger partial charge in [-0.1, -0.05) is 36.4 Å². The van der Waals surface area contributed by atoms with Crippen molar-refractivity contribution in [3.63, 3.8) is 0 Å². The molecule has 0 saturated carbocycles. The van der Waals surface area contributed by atoms with E-state index in [1.807, 2.05) is 32.0 Å². The van der Waals surface area contributed by atoms with Crippen molar-refractivity contribution in [2.24, 2.45) is 0 Å². The van der Waals surface area contributed by atoms with E-state index in [1.165, 1.54) is 16.2 Å². The Labute approximate surface area is 112 Å². The molecule has 19 heavy (non-hydrogen) atoms. The largest absolute Gasteiger partial charge is 0.251 e. The summed E-state index contributed by atoms with van der Waals surface area (Å²) in [6, 6.07) is 18.8. The molecular formula is C17H16O2. The Balaban J connectivity index is 2.25. The fourth-order valence-electron chi connectivity index (χ4n) is 2.37. The molecule has 0 aromatic heterocycles. The van der Waals surface area contributed by atoms with Gasteiger partial charge in [-0.2, -0.15) is 0 Å². The molecule has 3 aromatic carbocycles. The normalized spacial score (nSPS) is 12.2. The second-order valence-electron chi connectivity index (χ2n) is 5.36. The molecule has 0 unspecified atom stereocenters. The van der Waals surface area contributed by atoms with Crippen LogP contribution in [0.15, 0.2) is 54.6 Å². The maximum absolute atomic E-state index is 8.99. The SMILES string of the molecule is CC(C)(OO)c1ccc2cc3ccccc3cc2c1. The van der Waals surface area contributed by atoms with Crippen molar-refractivity contribution in [3.05, 3.63) is 60.2 Å². The highest BCUT2D eigenvalue weighted by Gasteiger charge is 2.21. The lowest BCUT2D eigenvalue weighted by atomic mass is 9.94. The van der Waals surface area contributed by atoms with Crippen molar-refractivity contribution >= 4 is 21.5 Å². The molecule has 0 radical (unpaired) electrons. The van der Waals surface area contributed by atoms with E-state index in [0.717, 1.165) is 10.9 Å². The summed E-state index contributed by atoms with van der Waals surface area (Å²) in [5, 5.41) is 13.8. The summed E-state index contributed by atoms with van der Waals surface area (Å²) in [7, 11) is 0. The highest BCUT2D eigenvalue weighted by atomic mass is 17.1. The number of fused-ring (bicyclic) bond motifs is 2. The van der Waals surface area contributed by atoms with Crippen LogP contribution in [0.5, 0.6) is 0 Å². The molecule has 0 heterocycles. The highest BCUT2D eigenvalue weighted by molar-refractivity contribution is 5.98. The molecule has 0 aliphatic heterocycles. The molecule has 0 atom stereocenters. The molecular weight excluding hydrogens is 236 g/mol. The molecule has 2 nitrogen and oxygen atoms in total.